The van der Waals surface area contributed by atoms with Gasteiger partial charge in [-0.15, -0.1) is 0 Å². The maximum atomic E-state index is 14.7. The number of rotatable bonds is 5. The lowest BCUT2D eigenvalue weighted by atomic mass is 9.95. The van der Waals surface area contributed by atoms with Gasteiger partial charge < -0.3 is 10.6 Å². The normalized spacial score (nSPS) is 14.2. The molecular formula is C23H25F5N2O2. The molecule has 9 heteroatoms. The van der Waals surface area contributed by atoms with Crippen LogP contribution in [0.15, 0.2) is 36.4 Å². The molecule has 0 saturated heterocycles. The Morgan fingerprint density at radius 2 is 1.50 bits per heavy atom. The van der Waals surface area contributed by atoms with E-state index in [2.05, 4.69) is 10.6 Å². The van der Waals surface area contributed by atoms with Gasteiger partial charge in [-0.3, -0.25) is 9.59 Å². The Labute approximate surface area is 183 Å². The van der Waals surface area contributed by atoms with E-state index < -0.39 is 46.8 Å². The zero-order valence-electron chi connectivity index (χ0n) is 17.8. The maximum absolute atomic E-state index is 14.7. The zero-order chi connectivity index (χ0) is 23.9. The summed E-state index contributed by atoms with van der Waals surface area (Å²) in [5, 5.41) is 4.46. The topological polar surface area (TPSA) is 58.2 Å². The predicted molar refractivity (Wildman–Crippen MR) is 111 cm³/mol. The van der Waals surface area contributed by atoms with Crippen molar-refractivity contribution in [1.82, 2.24) is 5.32 Å². The number of carbonyl (C=O) groups excluding carboxylic acids is 2. The van der Waals surface area contributed by atoms with Crippen molar-refractivity contribution >= 4 is 17.5 Å². The molecule has 0 atom stereocenters. The first-order valence-electron chi connectivity index (χ1n) is 10.4. The van der Waals surface area contributed by atoms with E-state index in [4.69, 9.17) is 0 Å². The average molecular weight is 456 g/mol. The Bertz CT molecular complexity index is 959. The van der Waals surface area contributed by atoms with Crippen molar-refractivity contribution in [2.45, 2.75) is 57.9 Å². The Kier molecular flexibility index (Phi) is 8.74. The van der Waals surface area contributed by atoms with Crippen LogP contribution in [-0.4, -0.2) is 17.9 Å². The van der Waals surface area contributed by atoms with E-state index in [-0.39, 0.29) is 11.3 Å². The number of benzene rings is 2. The van der Waals surface area contributed by atoms with E-state index in [1.165, 1.54) is 0 Å². The second-order valence-electron chi connectivity index (χ2n) is 7.16. The largest absolute Gasteiger partial charge is 0.352 e. The third-order valence-corrected chi connectivity index (χ3v) is 4.97. The molecule has 0 bridgehead atoms. The minimum atomic E-state index is -4.19. The summed E-state index contributed by atoms with van der Waals surface area (Å²) in [6.07, 6.45) is 3.73. The minimum Gasteiger partial charge on any atom is -0.348 e. The maximum Gasteiger partial charge on any atom is 0.352 e. The Morgan fingerprint density at radius 1 is 0.875 bits per heavy atom. The molecule has 3 rings (SSSR count). The molecule has 4 nitrogen and oxygen atoms in total. The minimum absolute atomic E-state index is 0.119. The van der Waals surface area contributed by atoms with Gasteiger partial charge in [-0.1, -0.05) is 33.1 Å². The molecule has 1 fully saturated rings. The summed E-state index contributed by atoms with van der Waals surface area (Å²) in [6, 6.07) is 4.34. The smallest absolute Gasteiger partial charge is 0.348 e. The number of hydrogen-bond acceptors (Lipinski definition) is 2. The van der Waals surface area contributed by atoms with Gasteiger partial charge in [0.05, 0.1) is 5.56 Å². The summed E-state index contributed by atoms with van der Waals surface area (Å²) >= 11 is 0. The van der Waals surface area contributed by atoms with Crippen LogP contribution in [0, 0.1) is 17.5 Å². The lowest BCUT2D eigenvalue weighted by Gasteiger charge is -2.25. The van der Waals surface area contributed by atoms with Gasteiger partial charge in [0.15, 0.2) is 11.6 Å². The highest BCUT2D eigenvalue weighted by Crippen LogP contribution is 2.32. The van der Waals surface area contributed by atoms with Crippen molar-refractivity contribution in [2.75, 3.05) is 5.32 Å². The second-order valence-corrected chi connectivity index (χ2v) is 7.16. The van der Waals surface area contributed by atoms with Gasteiger partial charge in [0.2, 0.25) is 0 Å². The van der Waals surface area contributed by atoms with Crippen LogP contribution < -0.4 is 10.6 Å². The van der Waals surface area contributed by atoms with Crippen LogP contribution in [0.25, 0.3) is 0 Å². The van der Waals surface area contributed by atoms with Crippen LogP contribution >= 0.6 is 0 Å². The first-order valence-corrected chi connectivity index (χ1v) is 10.4. The molecule has 0 spiro atoms. The first-order chi connectivity index (χ1) is 15.2. The molecule has 2 N–H and O–H groups in total. The van der Waals surface area contributed by atoms with Crippen LogP contribution in [0.1, 0.15) is 61.9 Å². The zero-order valence-corrected chi connectivity index (χ0v) is 17.8. The number of carbonyl (C=O) groups is 2. The monoisotopic (exact) mass is 456 g/mol. The number of halogens is 5. The van der Waals surface area contributed by atoms with Crippen molar-refractivity contribution in [3.63, 3.8) is 0 Å². The van der Waals surface area contributed by atoms with E-state index in [0.29, 0.717) is 31.0 Å². The molecule has 1 aliphatic carbocycles. The summed E-state index contributed by atoms with van der Waals surface area (Å²) in [7, 11) is 0. The molecule has 174 valence electrons. The van der Waals surface area contributed by atoms with Gasteiger partial charge in [-0.2, -0.15) is 8.78 Å². The Hall–Kier alpha value is -2.97. The number of amides is 2. The Balaban J connectivity index is 0.00000176. The number of hydrogen-bond donors (Lipinski definition) is 2. The molecule has 2 aromatic rings. The fourth-order valence-corrected chi connectivity index (χ4v) is 3.33. The van der Waals surface area contributed by atoms with Crippen LogP contribution in [0.3, 0.4) is 0 Å². The fraction of sp³-hybridized carbons (Fsp3) is 0.391. The van der Waals surface area contributed by atoms with Gasteiger partial charge in [-0.05, 0) is 43.2 Å². The average Bonchev–Trinajstić information content (AvgIpc) is 2.78. The molecule has 0 heterocycles. The SMILES string of the molecule is CC.O=C(Nc1ccc(F)c(F)c1)c1ccc(F)c(C(F)(F)C(=O)NC2CCCCC2)c1. The van der Waals surface area contributed by atoms with Crippen molar-refractivity contribution in [1.29, 1.82) is 0 Å². The molecule has 1 saturated carbocycles. The van der Waals surface area contributed by atoms with Crippen LogP contribution in [0.5, 0.6) is 0 Å². The molecule has 0 aliphatic heterocycles. The molecule has 2 aromatic carbocycles. The fourth-order valence-electron chi connectivity index (χ4n) is 3.33. The Morgan fingerprint density at radius 3 is 2.12 bits per heavy atom. The predicted octanol–water partition coefficient (Wildman–Crippen LogP) is 5.92. The molecule has 0 unspecified atom stereocenters. The number of anilines is 1. The van der Waals surface area contributed by atoms with Gasteiger partial charge in [0.25, 0.3) is 11.8 Å². The van der Waals surface area contributed by atoms with Gasteiger partial charge in [0, 0.05) is 23.4 Å². The summed E-state index contributed by atoms with van der Waals surface area (Å²) in [5.41, 5.74) is -1.73. The van der Waals surface area contributed by atoms with Crippen molar-refractivity contribution in [2.24, 2.45) is 0 Å². The highest BCUT2D eigenvalue weighted by Gasteiger charge is 2.44. The summed E-state index contributed by atoms with van der Waals surface area (Å²) in [5.74, 6) is -10.5. The van der Waals surface area contributed by atoms with Crippen molar-refractivity contribution in [3.8, 4) is 0 Å². The lowest BCUT2D eigenvalue weighted by Crippen LogP contribution is -2.45. The molecule has 0 aromatic heterocycles. The molecule has 1 aliphatic rings. The lowest BCUT2D eigenvalue weighted by molar-refractivity contribution is -0.148. The van der Waals surface area contributed by atoms with E-state index in [1.807, 2.05) is 13.8 Å². The van der Waals surface area contributed by atoms with E-state index in [9.17, 15) is 31.5 Å². The van der Waals surface area contributed by atoms with Gasteiger partial charge in [-0.25, -0.2) is 13.2 Å². The van der Waals surface area contributed by atoms with E-state index in [1.54, 1.807) is 0 Å². The highest BCUT2D eigenvalue weighted by molar-refractivity contribution is 6.04. The van der Waals surface area contributed by atoms with Gasteiger partial charge >= 0.3 is 5.92 Å². The van der Waals surface area contributed by atoms with E-state index >= 15 is 0 Å². The van der Waals surface area contributed by atoms with Crippen LogP contribution in [0.4, 0.5) is 27.6 Å². The van der Waals surface area contributed by atoms with E-state index in [0.717, 1.165) is 37.5 Å². The third kappa shape index (κ3) is 6.05. The highest BCUT2D eigenvalue weighted by atomic mass is 19.3. The van der Waals surface area contributed by atoms with Crippen molar-refractivity contribution < 1.29 is 31.5 Å². The van der Waals surface area contributed by atoms with Crippen LogP contribution in [-0.2, 0) is 10.7 Å². The summed E-state index contributed by atoms with van der Waals surface area (Å²) in [6.45, 7) is 4.00. The van der Waals surface area contributed by atoms with Gasteiger partial charge in [0.1, 0.15) is 5.82 Å². The standard InChI is InChI=1S/C21H19F5N2O2.C2H6/c22-16-8-6-12(19(29)27-14-7-9-17(23)18(24)11-14)10-15(16)21(25,26)20(30)28-13-4-2-1-3-5-13;1-2/h6-11,13H,1-5H2,(H,27,29)(H,28,30);1-2H3. The third-order valence-electron chi connectivity index (χ3n) is 4.97. The van der Waals surface area contributed by atoms with Crippen LogP contribution in [0.2, 0.25) is 0 Å². The summed E-state index contributed by atoms with van der Waals surface area (Å²) in [4.78, 5) is 24.4. The molecule has 2 amide bonds. The second kappa shape index (κ2) is 11.1. The molecule has 32 heavy (non-hydrogen) atoms. The van der Waals surface area contributed by atoms with Crippen molar-refractivity contribution in [3.05, 3.63) is 65.0 Å². The molecule has 0 radical (unpaired) electrons. The first kappa shape index (κ1) is 25.3. The molecular weight excluding hydrogens is 431 g/mol. The summed E-state index contributed by atoms with van der Waals surface area (Å²) < 4.78 is 69.7. The number of alkyl halides is 2. The number of nitrogens with one attached hydrogen (secondary N) is 2. The quantitative estimate of drug-likeness (QED) is 0.549.